The van der Waals surface area contributed by atoms with Crippen molar-refractivity contribution in [2.45, 2.75) is 26.5 Å². The van der Waals surface area contributed by atoms with Gasteiger partial charge in [0.25, 0.3) is 0 Å². The average molecular weight is 301 g/mol. The van der Waals surface area contributed by atoms with Crippen LogP contribution >= 0.6 is 0 Å². The van der Waals surface area contributed by atoms with E-state index in [1.165, 1.54) is 6.20 Å². The number of nitrogens with two attached hydrogens (primary N) is 1. The average Bonchev–Trinajstić information content (AvgIpc) is 2.82. The molecule has 0 radical (unpaired) electrons. The van der Waals surface area contributed by atoms with E-state index in [-0.39, 0.29) is 11.4 Å². The Bertz CT molecular complexity index is 617. The number of benzene rings is 1. The molecule has 2 rings (SSSR count). The van der Waals surface area contributed by atoms with Gasteiger partial charge in [-0.3, -0.25) is 4.68 Å². The molecular formula is C13H14F3N3O2. The van der Waals surface area contributed by atoms with Crippen LogP contribution in [0.4, 0.5) is 18.9 Å². The lowest BCUT2D eigenvalue weighted by Crippen LogP contribution is -2.05. The molecule has 0 aliphatic rings. The number of rotatable bonds is 6. The number of nitrogen functional groups attached to an aromatic ring is 1. The molecule has 5 nitrogen and oxygen atoms in total. The third kappa shape index (κ3) is 3.80. The van der Waals surface area contributed by atoms with Crippen LogP contribution in [-0.2, 0) is 6.54 Å². The molecule has 8 heteroatoms. The number of halogens is 3. The molecule has 114 valence electrons. The number of hydrogen-bond acceptors (Lipinski definition) is 4. The first-order valence-corrected chi connectivity index (χ1v) is 6.23. The number of aromatic nitrogens is 2. The lowest BCUT2D eigenvalue weighted by Gasteiger charge is -2.11. The minimum absolute atomic E-state index is 0.0168. The summed E-state index contributed by atoms with van der Waals surface area (Å²) in [4.78, 5) is 0. The number of anilines is 1. The minimum atomic E-state index is -3.14. The van der Waals surface area contributed by atoms with Crippen molar-refractivity contribution in [3.8, 4) is 17.2 Å². The fraction of sp³-hybridized carbons (Fsp3) is 0.308. The molecule has 0 fully saturated rings. The molecule has 1 aromatic carbocycles. The summed E-state index contributed by atoms with van der Waals surface area (Å²) in [5, 5.41) is 4.05. The van der Waals surface area contributed by atoms with Gasteiger partial charge in [0, 0.05) is 18.7 Å². The van der Waals surface area contributed by atoms with E-state index in [0.29, 0.717) is 12.3 Å². The van der Waals surface area contributed by atoms with Crippen molar-refractivity contribution >= 4 is 5.69 Å². The maximum Gasteiger partial charge on any atom is 0.387 e. The van der Waals surface area contributed by atoms with Crippen molar-refractivity contribution in [3.05, 3.63) is 30.3 Å². The van der Waals surface area contributed by atoms with Crippen LogP contribution in [0.3, 0.4) is 0 Å². The van der Waals surface area contributed by atoms with Crippen molar-refractivity contribution in [2.75, 3.05) is 5.73 Å². The molecule has 0 amide bonds. The molecule has 0 aliphatic carbocycles. The lowest BCUT2D eigenvalue weighted by molar-refractivity contribution is -0.0522. The highest BCUT2D eigenvalue weighted by Crippen LogP contribution is 2.34. The molecule has 1 aromatic heterocycles. The highest BCUT2D eigenvalue weighted by atomic mass is 19.3. The van der Waals surface area contributed by atoms with Crippen LogP contribution in [0.25, 0.3) is 0 Å². The maximum atomic E-state index is 13.4. The van der Waals surface area contributed by atoms with Gasteiger partial charge < -0.3 is 15.2 Å². The van der Waals surface area contributed by atoms with Gasteiger partial charge >= 0.3 is 6.61 Å². The number of hydrogen-bond donors (Lipinski definition) is 1. The Kier molecular flexibility index (Phi) is 4.56. The molecule has 0 spiro atoms. The van der Waals surface area contributed by atoms with Gasteiger partial charge in [-0.2, -0.15) is 13.9 Å². The molecule has 21 heavy (non-hydrogen) atoms. The third-order valence-corrected chi connectivity index (χ3v) is 2.57. The van der Waals surface area contributed by atoms with Crippen LogP contribution in [0.5, 0.6) is 17.2 Å². The lowest BCUT2D eigenvalue weighted by atomic mass is 10.2. The SMILES string of the molecule is CCCn1cc(Oc2cc(OC(F)F)c(F)cc2N)cn1. The molecule has 0 bridgehead atoms. The van der Waals surface area contributed by atoms with E-state index in [9.17, 15) is 13.2 Å². The van der Waals surface area contributed by atoms with Gasteiger partial charge in [0.05, 0.1) is 18.1 Å². The quantitative estimate of drug-likeness (QED) is 0.831. The molecule has 0 atom stereocenters. The van der Waals surface area contributed by atoms with Crippen LogP contribution in [0.2, 0.25) is 0 Å². The summed E-state index contributed by atoms with van der Waals surface area (Å²) in [5.41, 5.74) is 5.57. The molecule has 2 N–H and O–H groups in total. The predicted octanol–water partition coefficient (Wildman–Crippen LogP) is 3.41. The van der Waals surface area contributed by atoms with Crippen molar-refractivity contribution in [1.82, 2.24) is 9.78 Å². The Morgan fingerprint density at radius 1 is 1.33 bits per heavy atom. The summed E-state index contributed by atoms with van der Waals surface area (Å²) < 4.78 is 48.9. The Morgan fingerprint density at radius 3 is 2.76 bits per heavy atom. The van der Waals surface area contributed by atoms with Crippen molar-refractivity contribution in [3.63, 3.8) is 0 Å². The van der Waals surface area contributed by atoms with Gasteiger partial charge in [-0.25, -0.2) is 4.39 Å². The first-order chi connectivity index (χ1) is 9.99. The molecule has 1 heterocycles. The van der Waals surface area contributed by atoms with Gasteiger partial charge in [0.1, 0.15) is 0 Å². The van der Waals surface area contributed by atoms with E-state index < -0.39 is 18.2 Å². The highest BCUT2D eigenvalue weighted by molar-refractivity contribution is 5.57. The van der Waals surface area contributed by atoms with Gasteiger partial charge in [0.15, 0.2) is 23.1 Å². The van der Waals surface area contributed by atoms with Crippen molar-refractivity contribution in [2.24, 2.45) is 0 Å². The molecule has 0 unspecified atom stereocenters. The van der Waals surface area contributed by atoms with E-state index in [1.807, 2.05) is 6.92 Å². The summed E-state index contributed by atoms with van der Waals surface area (Å²) in [5.74, 6) is -1.23. The highest BCUT2D eigenvalue weighted by Gasteiger charge is 2.15. The fourth-order valence-corrected chi connectivity index (χ4v) is 1.70. The topological polar surface area (TPSA) is 62.3 Å². The standard InChI is InChI=1S/C13H14F3N3O2/c1-2-3-19-7-8(6-18-19)20-12-5-11(21-13(15)16)9(14)4-10(12)17/h4-7,13H,2-3,17H2,1H3. The number of aryl methyl sites for hydroxylation is 1. The predicted molar refractivity (Wildman–Crippen MR) is 70.0 cm³/mol. The molecule has 0 saturated carbocycles. The van der Waals surface area contributed by atoms with E-state index in [0.717, 1.165) is 18.6 Å². The van der Waals surface area contributed by atoms with Crippen molar-refractivity contribution < 1.29 is 22.6 Å². The van der Waals surface area contributed by atoms with Gasteiger partial charge in [0.2, 0.25) is 0 Å². The third-order valence-electron chi connectivity index (χ3n) is 2.57. The Hall–Kier alpha value is -2.38. The van der Waals surface area contributed by atoms with E-state index in [1.54, 1.807) is 10.9 Å². The maximum absolute atomic E-state index is 13.4. The van der Waals surface area contributed by atoms with Gasteiger partial charge in [-0.1, -0.05) is 6.92 Å². The fourth-order valence-electron chi connectivity index (χ4n) is 1.70. The summed E-state index contributed by atoms with van der Waals surface area (Å²) in [6.07, 6.45) is 3.97. The number of ether oxygens (including phenoxy) is 2. The summed E-state index contributed by atoms with van der Waals surface area (Å²) in [6.45, 7) is -0.431. The van der Waals surface area contributed by atoms with Gasteiger partial charge in [-0.05, 0) is 6.42 Å². The molecular weight excluding hydrogens is 287 g/mol. The van der Waals surface area contributed by atoms with Crippen molar-refractivity contribution in [1.29, 1.82) is 0 Å². The van der Waals surface area contributed by atoms with E-state index in [4.69, 9.17) is 10.5 Å². The Labute approximate surface area is 119 Å². The smallest absolute Gasteiger partial charge is 0.387 e. The van der Waals surface area contributed by atoms with Crippen LogP contribution in [-0.4, -0.2) is 16.4 Å². The van der Waals surface area contributed by atoms with Gasteiger partial charge in [-0.15, -0.1) is 0 Å². The molecule has 0 saturated heterocycles. The summed E-state index contributed by atoms with van der Waals surface area (Å²) >= 11 is 0. The Morgan fingerprint density at radius 2 is 2.10 bits per heavy atom. The van der Waals surface area contributed by atoms with Crippen LogP contribution in [0, 0.1) is 5.82 Å². The normalized spacial score (nSPS) is 10.9. The minimum Gasteiger partial charge on any atom is -0.452 e. The summed E-state index contributed by atoms with van der Waals surface area (Å²) in [6, 6.07) is 1.84. The van der Waals surface area contributed by atoms with Crippen LogP contribution in [0.1, 0.15) is 13.3 Å². The second-order valence-corrected chi connectivity index (χ2v) is 4.24. The second-order valence-electron chi connectivity index (χ2n) is 4.24. The van der Waals surface area contributed by atoms with Crippen LogP contribution < -0.4 is 15.2 Å². The zero-order valence-corrected chi connectivity index (χ0v) is 11.2. The Balaban J connectivity index is 2.21. The zero-order valence-electron chi connectivity index (χ0n) is 11.2. The first kappa shape index (κ1) is 15.0. The first-order valence-electron chi connectivity index (χ1n) is 6.23. The largest absolute Gasteiger partial charge is 0.452 e. The number of alkyl halides is 2. The number of nitrogens with zero attached hydrogens (tertiary/aromatic N) is 2. The zero-order chi connectivity index (χ0) is 15.4. The van der Waals surface area contributed by atoms with Crippen LogP contribution in [0.15, 0.2) is 24.5 Å². The monoisotopic (exact) mass is 301 g/mol. The van der Waals surface area contributed by atoms with E-state index in [2.05, 4.69) is 9.84 Å². The molecule has 0 aliphatic heterocycles. The van der Waals surface area contributed by atoms with E-state index >= 15 is 0 Å². The molecule has 2 aromatic rings. The summed E-state index contributed by atoms with van der Waals surface area (Å²) in [7, 11) is 0. The second kappa shape index (κ2) is 6.38.